The maximum atomic E-state index is 6.21. The first-order valence-corrected chi connectivity index (χ1v) is 10.7. The van der Waals surface area contributed by atoms with Gasteiger partial charge in [-0.05, 0) is 37.3 Å². The fraction of sp³-hybridized carbons (Fsp3) is 0.391. The molecule has 7 heteroatoms. The molecule has 1 aromatic heterocycles. The van der Waals surface area contributed by atoms with E-state index in [0.29, 0.717) is 24.2 Å². The highest BCUT2D eigenvalue weighted by atomic mass is 35.5. The second-order valence-electron chi connectivity index (χ2n) is 7.67. The van der Waals surface area contributed by atoms with E-state index in [1.165, 1.54) is 5.69 Å². The maximum absolute atomic E-state index is 6.21. The number of methoxy groups -OCH3 is 1. The van der Waals surface area contributed by atoms with E-state index in [1.54, 1.807) is 7.11 Å². The number of para-hydroxylation sites is 1. The van der Waals surface area contributed by atoms with Crippen molar-refractivity contribution >= 4 is 34.0 Å². The number of rotatable bonds is 7. The van der Waals surface area contributed by atoms with Crippen LogP contribution >= 0.6 is 11.6 Å². The molecule has 2 heterocycles. The Kier molecular flexibility index (Phi) is 6.67. The van der Waals surface area contributed by atoms with Crippen LogP contribution in [0.3, 0.4) is 0 Å². The summed E-state index contributed by atoms with van der Waals surface area (Å²) < 4.78 is 5.17. The summed E-state index contributed by atoms with van der Waals surface area (Å²) in [6.45, 7) is 7.25. The zero-order valence-corrected chi connectivity index (χ0v) is 18.3. The molecule has 1 atom stereocenters. The van der Waals surface area contributed by atoms with E-state index in [-0.39, 0.29) is 0 Å². The molecule has 3 aromatic rings. The van der Waals surface area contributed by atoms with E-state index in [2.05, 4.69) is 52.4 Å². The SMILES string of the molecule is COCCNc1nc(CN2CCN(c3ccccc3)CC2C)nc2ccc(Cl)cc12. The molecule has 1 aliphatic rings. The molecule has 2 aromatic carbocycles. The highest BCUT2D eigenvalue weighted by Crippen LogP contribution is 2.25. The van der Waals surface area contributed by atoms with Crippen LogP contribution in [0.15, 0.2) is 48.5 Å². The van der Waals surface area contributed by atoms with Crippen LogP contribution in [0.1, 0.15) is 12.7 Å². The number of hydrogen-bond donors (Lipinski definition) is 1. The Morgan fingerprint density at radius 3 is 2.73 bits per heavy atom. The summed E-state index contributed by atoms with van der Waals surface area (Å²) in [5.41, 5.74) is 2.19. The van der Waals surface area contributed by atoms with E-state index >= 15 is 0 Å². The Bertz CT molecular complexity index is 984. The quantitative estimate of drug-likeness (QED) is 0.576. The molecule has 1 aliphatic heterocycles. The summed E-state index contributed by atoms with van der Waals surface area (Å²) in [7, 11) is 1.69. The summed E-state index contributed by atoms with van der Waals surface area (Å²) in [6.07, 6.45) is 0. The largest absolute Gasteiger partial charge is 0.383 e. The lowest BCUT2D eigenvalue weighted by Crippen LogP contribution is -2.51. The zero-order chi connectivity index (χ0) is 20.9. The normalized spacial score (nSPS) is 17.4. The van der Waals surface area contributed by atoms with E-state index < -0.39 is 0 Å². The molecular weight excluding hydrogens is 398 g/mol. The van der Waals surface area contributed by atoms with Gasteiger partial charge in [-0.1, -0.05) is 29.8 Å². The van der Waals surface area contributed by atoms with Gasteiger partial charge in [-0.25, -0.2) is 9.97 Å². The average Bonchev–Trinajstić information content (AvgIpc) is 2.76. The number of fused-ring (bicyclic) bond motifs is 1. The van der Waals surface area contributed by atoms with Gasteiger partial charge >= 0.3 is 0 Å². The monoisotopic (exact) mass is 425 g/mol. The van der Waals surface area contributed by atoms with Crippen molar-refractivity contribution in [2.75, 3.05) is 50.1 Å². The molecule has 30 heavy (non-hydrogen) atoms. The molecule has 1 saturated heterocycles. The van der Waals surface area contributed by atoms with Crippen molar-refractivity contribution in [3.05, 3.63) is 59.4 Å². The van der Waals surface area contributed by atoms with Gasteiger partial charge in [-0.15, -0.1) is 0 Å². The van der Waals surface area contributed by atoms with Crippen LogP contribution in [0.25, 0.3) is 10.9 Å². The number of ether oxygens (including phenoxy) is 1. The number of aromatic nitrogens is 2. The molecule has 0 bridgehead atoms. The van der Waals surface area contributed by atoms with Crippen molar-refractivity contribution in [2.24, 2.45) is 0 Å². The van der Waals surface area contributed by atoms with Crippen LogP contribution in [0, 0.1) is 0 Å². The molecule has 0 radical (unpaired) electrons. The third-order valence-corrected chi connectivity index (χ3v) is 5.77. The van der Waals surface area contributed by atoms with Crippen molar-refractivity contribution in [1.29, 1.82) is 0 Å². The second kappa shape index (κ2) is 9.60. The third-order valence-electron chi connectivity index (χ3n) is 5.53. The summed E-state index contributed by atoms with van der Waals surface area (Å²) in [4.78, 5) is 14.5. The molecule has 0 saturated carbocycles. The Balaban J connectivity index is 1.51. The van der Waals surface area contributed by atoms with E-state index in [9.17, 15) is 0 Å². The highest BCUT2D eigenvalue weighted by Gasteiger charge is 2.25. The Hall–Kier alpha value is -2.41. The number of anilines is 2. The first kappa shape index (κ1) is 20.8. The van der Waals surface area contributed by atoms with Crippen molar-refractivity contribution in [2.45, 2.75) is 19.5 Å². The lowest BCUT2D eigenvalue weighted by atomic mass is 10.1. The van der Waals surface area contributed by atoms with Crippen LogP contribution in [0.2, 0.25) is 5.02 Å². The van der Waals surface area contributed by atoms with Crippen molar-refractivity contribution in [3.63, 3.8) is 0 Å². The van der Waals surface area contributed by atoms with Gasteiger partial charge in [0, 0.05) is 55.4 Å². The van der Waals surface area contributed by atoms with E-state index in [1.807, 2.05) is 18.2 Å². The molecule has 6 nitrogen and oxygen atoms in total. The molecule has 4 rings (SSSR count). The van der Waals surface area contributed by atoms with Gasteiger partial charge in [-0.2, -0.15) is 0 Å². The average molecular weight is 426 g/mol. The predicted molar refractivity (Wildman–Crippen MR) is 123 cm³/mol. The van der Waals surface area contributed by atoms with Gasteiger partial charge in [0.2, 0.25) is 0 Å². The Morgan fingerprint density at radius 2 is 1.97 bits per heavy atom. The third kappa shape index (κ3) is 4.83. The van der Waals surface area contributed by atoms with Crippen LogP contribution in [0.5, 0.6) is 0 Å². The minimum absolute atomic E-state index is 0.411. The number of piperazine rings is 1. The summed E-state index contributed by atoms with van der Waals surface area (Å²) in [6, 6.07) is 16.8. The maximum Gasteiger partial charge on any atom is 0.145 e. The molecule has 1 unspecified atom stereocenters. The van der Waals surface area contributed by atoms with Gasteiger partial charge in [0.05, 0.1) is 18.7 Å². The number of benzene rings is 2. The Labute approximate surface area is 182 Å². The topological polar surface area (TPSA) is 53.5 Å². The summed E-state index contributed by atoms with van der Waals surface area (Å²) >= 11 is 6.21. The standard InChI is InChI=1S/C23H28ClN5O/c1-17-15-29(19-6-4-3-5-7-19)12-11-28(17)16-22-26-21-9-8-18(24)14-20(21)23(27-22)25-10-13-30-2/h3-9,14,17H,10-13,15-16H2,1-2H3,(H,25,26,27). The molecule has 158 valence electrons. The van der Waals surface area contributed by atoms with Gasteiger partial charge in [0.1, 0.15) is 11.6 Å². The molecule has 0 amide bonds. The zero-order valence-electron chi connectivity index (χ0n) is 17.5. The fourth-order valence-corrected chi connectivity index (χ4v) is 4.08. The van der Waals surface area contributed by atoms with Gasteiger partial charge in [0.25, 0.3) is 0 Å². The number of hydrogen-bond acceptors (Lipinski definition) is 6. The predicted octanol–water partition coefficient (Wildman–Crippen LogP) is 4.05. The van der Waals surface area contributed by atoms with Crippen molar-refractivity contribution < 1.29 is 4.74 Å². The number of nitrogens with zero attached hydrogens (tertiary/aromatic N) is 4. The first-order chi connectivity index (χ1) is 14.6. The molecule has 0 aliphatic carbocycles. The molecular formula is C23H28ClN5O. The number of nitrogens with one attached hydrogen (secondary N) is 1. The number of halogens is 1. The first-order valence-electron chi connectivity index (χ1n) is 10.4. The van der Waals surface area contributed by atoms with Crippen molar-refractivity contribution in [3.8, 4) is 0 Å². The summed E-state index contributed by atoms with van der Waals surface area (Å²) in [5.74, 6) is 1.63. The van der Waals surface area contributed by atoms with Crippen LogP contribution < -0.4 is 10.2 Å². The van der Waals surface area contributed by atoms with Gasteiger partial charge in [-0.3, -0.25) is 4.90 Å². The van der Waals surface area contributed by atoms with E-state index in [4.69, 9.17) is 26.3 Å². The van der Waals surface area contributed by atoms with E-state index in [0.717, 1.165) is 48.7 Å². The minimum atomic E-state index is 0.411. The lowest BCUT2D eigenvalue weighted by molar-refractivity contribution is 0.177. The van der Waals surface area contributed by atoms with Crippen LogP contribution in [-0.2, 0) is 11.3 Å². The smallest absolute Gasteiger partial charge is 0.145 e. The molecule has 1 fully saturated rings. The lowest BCUT2D eigenvalue weighted by Gasteiger charge is -2.40. The minimum Gasteiger partial charge on any atom is -0.383 e. The van der Waals surface area contributed by atoms with Crippen LogP contribution in [0.4, 0.5) is 11.5 Å². The Morgan fingerprint density at radius 1 is 1.13 bits per heavy atom. The second-order valence-corrected chi connectivity index (χ2v) is 8.11. The summed E-state index contributed by atoms with van der Waals surface area (Å²) in [5, 5.41) is 4.99. The van der Waals surface area contributed by atoms with Crippen LogP contribution in [-0.4, -0.2) is 60.8 Å². The molecule has 1 N–H and O–H groups in total. The van der Waals surface area contributed by atoms with Crippen molar-refractivity contribution in [1.82, 2.24) is 14.9 Å². The fourth-order valence-electron chi connectivity index (χ4n) is 3.91. The highest BCUT2D eigenvalue weighted by molar-refractivity contribution is 6.31. The van der Waals surface area contributed by atoms with Gasteiger partial charge < -0.3 is 15.0 Å². The molecule has 0 spiro atoms. The van der Waals surface area contributed by atoms with Gasteiger partial charge in [0.15, 0.2) is 0 Å².